The highest BCUT2D eigenvalue weighted by Gasteiger charge is 2.54. The van der Waals surface area contributed by atoms with E-state index in [0.29, 0.717) is 35.3 Å². The molecule has 6 nitrogen and oxygen atoms in total. The number of benzene rings is 5. The number of carbonyl (C=O) groups excluding carboxylic acids is 4. The number of thioether (sulfide) groups is 2. The minimum Gasteiger partial charge on any atom is -0.274 e. The highest BCUT2D eigenvalue weighted by atomic mass is 32.2. The number of hydrogen-bond acceptors (Lipinski definition) is 6. The summed E-state index contributed by atoms with van der Waals surface area (Å²) in [4.78, 5) is 66.1. The molecule has 5 aromatic rings. The summed E-state index contributed by atoms with van der Waals surface area (Å²) < 4.78 is 0.215. The molecule has 8 saturated carbocycles. The molecule has 0 aromatic heterocycles. The van der Waals surface area contributed by atoms with Crippen LogP contribution in [-0.2, 0) is 0 Å². The predicted molar refractivity (Wildman–Crippen MR) is 279 cm³/mol. The summed E-state index contributed by atoms with van der Waals surface area (Å²) in [6.07, 6.45) is 23.7. The van der Waals surface area contributed by atoms with Crippen LogP contribution in [0.3, 0.4) is 0 Å². The number of rotatable bonds is 16. The van der Waals surface area contributed by atoms with Crippen LogP contribution in [0.25, 0.3) is 43.1 Å². The number of carbonyl (C=O) groups is 4. The number of nitrogens with zero attached hydrogens (tertiary/aromatic N) is 2. The molecule has 10 aliphatic rings. The highest BCUT2D eigenvalue weighted by Crippen LogP contribution is 2.65. The second-order valence-electron chi connectivity index (χ2n) is 24.1. The smallest absolute Gasteiger partial charge is 0.261 e. The lowest BCUT2D eigenvalue weighted by atomic mass is 9.56. The van der Waals surface area contributed by atoms with Gasteiger partial charge in [-0.05, 0) is 172 Å². The van der Waals surface area contributed by atoms with Gasteiger partial charge < -0.3 is 0 Å². The van der Waals surface area contributed by atoms with Gasteiger partial charge in [0.1, 0.15) is 0 Å². The number of fused-ring (bicyclic) bond motifs is 2. The molecule has 2 heterocycles. The first-order valence-corrected chi connectivity index (χ1v) is 29.0. The minimum atomic E-state index is -0.170. The normalized spacial score (nSPS) is 31.0. The lowest BCUT2D eigenvalue weighted by molar-refractivity contribution is 0.0382. The Hall–Kier alpha value is -3.62. The van der Waals surface area contributed by atoms with Gasteiger partial charge in [0.2, 0.25) is 0 Å². The lowest BCUT2D eigenvalue weighted by Gasteiger charge is -2.56. The zero-order chi connectivity index (χ0) is 46.4. The average molecular weight is 947 g/mol. The van der Waals surface area contributed by atoms with Crippen molar-refractivity contribution in [1.82, 2.24) is 9.80 Å². The lowest BCUT2D eigenvalue weighted by Crippen LogP contribution is -2.48. The van der Waals surface area contributed by atoms with Gasteiger partial charge in [0.05, 0.1) is 0 Å². The third-order valence-corrected chi connectivity index (χ3v) is 22.5. The van der Waals surface area contributed by atoms with E-state index in [9.17, 15) is 9.59 Å². The highest BCUT2D eigenvalue weighted by molar-refractivity contribution is 8.01. The van der Waals surface area contributed by atoms with E-state index in [0.717, 1.165) is 140 Å². The van der Waals surface area contributed by atoms with E-state index < -0.39 is 0 Å². The van der Waals surface area contributed by atoms with Crippen LogP contribution in [0.2, 0.25) is 0 Å². The molecular weight excluding hydrogens is 877 g/mol. The molecule has 2 aliphatic heterocycles. The van der Waals surface area contributed by atoms with E-state index in [1.54, 1.807) is 9.80 Å². The van der Waals surface area contributed by atoms with Gasteiger partial charge in [-0.25, -0.2) is 0 Å². The topological polar surface area (TPSA) is 74.8 Å². The molecule has 2 atom stereocenters. The Morgan fingerprint density at radius 3 is 1.13 bits per heavy atom. The summed E-state index contributed by atoms with van der Waals surface area (Å²) in [5, 5.41) is 8.03. The molecule has 4 amide bonds. The van der Waals surface area contributed by atoms with Gasteiger partial charge in [-0.3, -0.25) is 29.0 Å². The van der Waals surface area contributed by atoms with Gasteiger partial charge in [-0.1, -0.05) is 78.4 Å². The average Bonchev–Trinajstić information content (AvgIpc) is 3.31. The first-order valence-electron chi connectivity index (χ1n) is 27.4. The third-order valence-electron chi connectivity index (χ3n) is 19.5. The van der Waals surface area contributed by atoms with Crippen LogP contribution in [0.15, 0.2) is 46.2 Å². The molecule has 5 aromatic carbocycles. The van der Waals surface area contributed by atoms with Gasteiger partial charge >= 0.3 is 0 Å². The van der Waals surface area contributed by atoms with Crippen LogP contribution in [0.4, 0.5) is 0 Å². The molecule has 15 rings (SSSR count). The van der Waals surface area contributed by atoms with Crippen LogP contribution in [-0.4, -0.2) is 56.0 Å². The number of unbranched alkanes of at least 4 members (excludes halogenated alkanes) is 2. The van der Waals surface area contributed by atoms with Gasteiger partial charge in [0.15, 0.2) is 0 Å². The molecule has 8 fully saturated rings. The Bertz CT molecular complexity index is 2680. The molecule has 0 saturated heterocycles. The van der Waals surface area contributed by atoms with Crippen molar-refractivity contribution in [2.45, 2.75) is 175 Å². The number of imide groups is 2. The Labute approximate surface area is 411 Å². The molecule has 8 aliphatic carbocycles. The fourth-order valence-electron chi connectivity index (χ4n) is 17.1. The van der Waals surface area contributed by atoms with Crippen LogP contribution < -0.4 is 0 Å². The van der Waals surface area contributed by atoms with Crippen LogP contribution in [0.5, 0.6) is 0 Å². The Balaban J connectivity index is 1.07. The second kappa shape index (κ2) is 16.5. The van der Waals surface area contributed by atoms with Crippen molar-refractivity contribution in [3.63, 3.8) is 0 Å². The van der Waals surface area contributed by atoms with E-state index in [2.05, 4.69) is 75.5 Å². The van der Waals surface area contributed by atoms with E-state index >= 15 is 9.59 Å². The maximum Gasteiger partial charge on any atom is 0.261 e. The van der Waals surface area contributed by atoms with Gasteiger partial charge in [0.25, 0.3) is 23.6 Å². The maximum atomic E-state index is 15.3. The van der Waals surface area contributed by atoms with Gasteiger partial charge in [0, 0.05) is 86.9 Å². The summed E-state index contributed by atoms with van der Waals surface area (Å²) in [5.74, 6) is 4.48. The van der Waals surface area contributed by atoms with Crippen LogP contribution in [0.1, 0.15) is 198 Å². The molecule has 0 spiro atoms. The van der Waals surface area contributed by atoms with Crippen LogP contribution in [0, 0.1) is 47.3 Å². The summed E-state index contributed by atoms with van der Waals surface area (Å²) in [7, 11) is 0. The summed E-state index contributed by atoms with van der Waals surface area (Å²) in [5.41, 5.74) is 2.62. The maximum absolute atomic E-state index is 15.3. The molecule has 8 heteroatoms. The number of hydrogen-bond donors (Lipinski definition) is 0. The van der Waals surface area contributed by atoms with Crippen molar-refractivity contribution in [1.29, 1.82) is 0 Å². The fourth-order valence-corrected chi connectivity index (χ4v) is 20.9. The van der Waals surface area contributed by atoms with E-state index in [1.807, 2.05) is 12.1 Å². The first kappa shape index (κ1) is 44.3. The molecule has 0 N–H and O–H groups in total. The van der Waals surface area contributed by atoms with Crippen molar-refractivity contribution in [2.75, 3.05) is 13.1 Å². The van der Waals surface area contributed by atoms with Crippen molar-refractivity contribution in [3.05, 3.63) is 58.7 Å². The minimum absolute atomic E-state index is 0.107. The largest absolute Gasteiger partial charge is 0.274 e. The van der Waals surface area contributed by atoms with Crippen molar-refractivity contribution in [3.8, 4) is 0 Å². The fraction of sp³-hybridized carbons (Fsp3) is 0.600. The molecule has 2 unspecified atom stereocenters. The van der Waals surface area contributed by atoms with Crippen molar-refractivity contribution >= 4 is 90.2 Å². The molecular formula is C60H70N2O4S2. The summed E-state index contributed by atoms with van der Waals surface area (Å²) in [6, 6.07) is 12.9. The quantitative estimate of drug-likeness (QED) is 0.0557. The Kier molecular flexibility index (Phi) is 10.7. The van der Waals surface area contributed by atoms with Crippen LogP contribution >= 0.6 is 23.5 Å². The first-order chi connectivity index (χ1) is 33.0. The molecule has 8 bridgehead atoms. The van der Waals surface area contributed by atoms with E-state index in [4.69, 9.17) is 0 Å². The van der Waals surface area contributed by atoms with Crippen molar-refractivity contribution in [2.24, 2.45) is 47.3 Å². The van der Waals surface area contributed by atoms with Crippen molar-refractivity contribution < 1.29 is 19.2 Å². The molecule has 0 radical (unpaired) electrons. The number of amides is 4. The standard InChI is InChI=1S/C60H70N2O4S2/c1-5-9-11-33(7-3)31-61-55(63)43-15-13-41-52-48(68-60-28-38-20-39(29-60)22-40(21-38)30-60)24-46-50-44(56(64)62(58(46)66)32-34(8-4)12-10-6-2)16-14-42(54(50)52)51-47(23-45(57(61)65)49(43)53(41)51)67-59-25-35-17-36(26-59)19-37(18-35)27-59/h13-16,23-24,33-40H,5-12,17-22,25-32H2,1-4H3. The van der Waals surface area contributed by atoms with Gasteiger partial charge in [-0.2, -0.15) is 0 Å². The zero-order valence-electron chi connectivity index (χ0n) is 41.0. The van der Waals surface area contributed by atoms with E-state index in [-0.39, 0.29) is 45.0 Å². The van der Waals surface area contributed by atoms with E-state index in [1.165, 1.54) is 77.0 Å². The zero-order valence-corrected chi connectivity index (χ0v) is 42.6. The second-order valence-corrected chi connectivity index (χ2v) is 27.1. The molecule has 68 heavy (non-hydrogen) atoms. The Morgan fingerprint density at radius 1 is 0.471 bits per heavy atom. The Morgan fingerprint density at radius 2 is 0.809 bits per heavy atom. The van der Waals surface area contributed by atoms with Gasteiger partial charge in [-0.15, -0.1) is 23.5 Å². The summed E-state index contributed by atoms with van der Waals surface area (Å²) >= 11 is 4.11. The predicted octanol–water partition coefficient (Wildman–Crippen LogP) is 15.5. The monoisotopic (exact) mass is 946 g/mol. The molecule has 356 valence electrons. The SMILES string of the molecule is CCCCC(CC)CN1C(=O)c2ccc3c4c(SC56CC7CC(CC(C7)C5)C6)cc5c6c(ccc(c7c(SC89CC%10CC(CC(C%10)C8)C9)cc(c2c37)C1=O)c64)C(=O)N(CC(CC)CCCC)C5=O. The third kappa shape index (κ3) is 6.77. The summed E-state index contributed by atoms with van der Waals surface area (Å²) in [6.45, 7) is 9.71.